The first-order chi connectivity index (χ1) is 12.9. The Hall–Kier alpha value is -1.48. The van der Waals surface area contributed by atoms with Crippen LogP contribution < -0.4 is 0 Å². The van der Waals surface area contributed by atoms with E-state index in [-0.39, 0.29) is 13.2 Å². The number of fused-ring (bicyclic) bond motifs is 3. The van der Waals surface area contributed by atoms with Gasteiger partial charge in [-0.3, -0.25) is 0 Å². The van der Waals surface area contributed by atoms with Gasteiger partial charge in [-0.2, -0.15) is 0 Å². The molecule has 5 atom stereocenters. The van der Waals surface area contributed by atoms with Crippen LogP contribution in [0.5, 0.6) is 0 Å². The van der Waals surface area contributed by atoms with Gasteiger partial charge in [-0.15, -0.1) is 0 Å². The van der Waals surface area contributed by atoms with E-state index in [1.807, 2.05) is 30.3 Å². The minimum Gasteiger partial charge on any atom is -0.486 e. The first kappa shape index (κ1) is 18.9. The van der Waals surface area contributed by atoms with Crippen molar-refractivity contribution in [2.45, 2.75) is 62.7 Å². The molecule has 27 heavy (non-hydrogen) atoms. The zero-order valence-electron chi connectivity index (χ0n) is 15.5. The Morgan fingerprint density at radius 3 is 2.48 bits per heavy atom. The van der Waals surface area contributed by atoms with Crippen molar-refractivity contribution in [1.82, 2.24) is 0 Å². The van der Waals surface area contributed by atoms with Crippen LogP contribution in [0.4, 0.5) is 0 Å². The lowest BCUT2D eigenvalue weighted by molar-refractivity contribution is -0.224. The van der Waals surface area contributed by atoms with Gasteiger partial charge in [0.05, 0.1) is 6.61 Å². The Labute approximate surface area is 158 Å². The second-order valence-corrected chi connectivity index (χ2v) is 7.65. The summed E-state index contributed by atoms with van der Waals surface area (Å²) in [5.74, 6) is -0.559. The quantitative estimate of drug-likeness (QED) is 0.708. The minimum atomic E-state index is -1.58. The second kappa shape index (κ2) is 6.84. The fourth-order valence-corrected chi connectivity index (χ4v) is 4.20. The van der Waals surface area contributed by atoms with E-state index in [4.69, 9.17) is 18.9 Å². The molecule has 7 nitrogen and oxygen atoms in total. The van der Waals surface area contributed by atoms with Crippen LogP contribution in [-0.2, 0) is 18.9 Å². The third kappa shape index (κ3) is 2.99. The van der Waals surface area contributed by atoms with Crippen LogP contribution in [0.3, 0.4) is 0 Å². The first-order valence-electron chi connectivity index (χ1n) is 9.31. The second-order valence-electron chi connectivity index (χ2n) is 7.65. The Balaban J connectivity index is 1.82. The number of aliphatic hydroxyl groups is 3. The van der Waals surface area contributed by atoms with Crippen LogP contribution in [-0.4, -0.2) is 64.5 Å². The molecule has 3 N–H and O–H groups in total. The summed E-state index contributed by atoms with van der Waals surface area (Å²) in [7, 11) is 0. The lowest BCUT2D eigenvalue weighted by Gasteiger charge is -2.29. The van der Waals surface area contributed by atoms with E-state index in [2.05, 4.69) is 0 Å². The van der Waals surface area contributed by atoms with E-state index in [1.54, 1.807) is 13.8 Å². The Morgan fingerprint density at radius 2 is 1.81 bits per heavy atom. The van der Waals surface area contributed by atoms with Crippen molar-refractivity contribution in [2.75, 3.05) is 13.2 Å². The van der Waals surface area contributed by atoms with Gasteiger partial charge in [0.25, 0.3) is 0 Å². The molecule has 7 heteroatoms. The van der Waals surface area contributed by atoms with Crippen LogP contribution in [0.2, 0.25) is 0 Å². The van der Waals surface area contributed by atoms with Gasteiger partial charge in [0.1, 0.15) is 11.9 Å². The molecule has 0 saturated carbocycles. The fourth-order valence-electron chi connectivity index (χ4n) is 4.20. The lowest BCUT2D eigenvalue weighted by atomic mass is 9.85. The summed E-state index contributed by atoms with van der Waals surface area (Å²) in [6.07, 6.45) is -2.01. The predicted octanol–water partition coefficient (Wildman–Crippen LogP) is 1.17. The Morgan fingerprint density at radius 1 is 1.07 bits per heavy atom. The normalized spacial score (nSPS) is 38.4. The number of hydrogen-bond acceptors (Lipinski definition) is 7. The summed E-state index contributed by atoms with van der Waals surface area (Å²) in [6, 6.07) is 9.57. The Kier molecular flexibility index (Phi) is 4.78. The third-order valence-electron chi connectivity index (χ3n) is 5.34. The highest BCUT2D eigenvalue weighted by atomic mass is 16.8. The van der Waals surface area contributed by atoms with Gasteiger partial charge in [-0.1, -0.05) is 30.3 Å². The van der Waals surface area contributed by atoms with E-state index in [0.717, 1.165) is 11.1 Å². The van der Waals surface area contributed by atoms with Gasteiger partial charge in [0.2, 0.25) is 0 Å². The van der Waals surface area contributed by atoms with Crippen molar-refractivity contribution >= 4 is 5.57 Å². The zero-order chi connectivity index (χ0) is 19.2. The molecule has 3 aliphatic heterocycles. The molecule has 3 heterocycles. The molecule has 0 amide bonds. The molecule has 0 unspecified atom stereocenters. The molecular formula is C20H26O7. The molecule has 0 aromatic heterocycles. The van der Waals surface area contributed by atoms with E-state index in [1.165, 1.54) is 0 Å². The van der Waals surface area contributed by atoms with Gasteiger partial charge in [0, 0.05) is 12.2 Å². The third-order valence-corrected chi connectivity index (χ3v) is 5.34. The first-order valence-corrected chi connectivity index (χ1v) is 9.31. The number of aliphatic hydroxyl groups excluding tert-OH is 2. The van der Waals surface area contributed by atoms with Gasteiger partial charge < -0.3 is 34.3 Å². The average Bonchev–Trinajstić information content (AvgIpc) is 3.20. The van der Waals surface area contributed by atoms with Crippen molar-refractivity contribution in [3.05, 3.63) is 41.7 Å². The van der Waals surface area contributed by atoms with Crippen LogP contribution in [0.25, 0.3) is 5.57 Å². The smallest absolute Gasteiger partial charge is 0.191 e. The minimum absolute atomic E-state index is 0.0180. The summed E-state index contributed by atoms with van der Waals surface area (Å²) in [5.41, 5.74) is 0.0749. The SMILES string of the molecule is CC1(C)O[C@H]2O[C@@H]3[C@@H](CO)O/C(=C(\CCCO)c4ccccc4)[C@]3(O)[C@H]2O1. The van der Waals surface area contributed by atoms with E-state index in [0.29, 0.717) is 18.6 Å². The molecule has 3 fully saturated rings. The topological polar surface area (TPSA) is 97.6 Å². The molecule has 3 saturated heterocycles. The molecule has 0 bridgehead atoms. The van der Waals surface area contributed by atoms with Crippen LogP contribution in [0.15, 0.2) is 36.1 Å². The van der Waals surface area contributed by atoms with E-state index < -0.39 is 36.0 Å². The van der Waals surface area contributed by atoms with Crippen molar-refractivity contribution in [1.29, 1.82) is 0 Å². The van der Waals surface area contributed by atoms with E-state index in [9.17, 15) is 15.3 Å². The molecule has 0 aliphatic carbocycles. The van der Waals surface area contributed by atoms with Gasteiger partial charge in [-0.25, -0.2) is 0 Å². The maximum Gasteiger partial charge on any atom is 0.191 e. The maximum atomic E-state index is 11.7. The maximum absolute atomic E-state index is 11.7. The molecule has 1 aromatic rings. The summed E-state index contributed by atoms with van der Waals surface area (Å²) in [6.45, 7) is 3.24. The number of rotatable bonds is 5. The highest BCUT2D eigenvalue weighted by molar-refractivity contribution is 5.70. The standard InChI is InChI=1S/C20H26O7/c1-19(2)26-17-18(27-19)25-16-14(11-22)24-15(20(16,17)23)13(9-6-10-21)12-7-4-3-5-8-12/h3-5,7-8,14,16-18,21-23H,6,9-11H2,1-2H3/b15-13+/t14-,16-,17+,18-,20-/m1/s1. The highest BCUT2D eigenvalue weighted by Crippen LogP contribution is 2.53. The van der Waals surface area contributed by atoms with Gasteiger partial charge in [-0.05, 0) is 32.3 Å². The van der Waals surface area contributed by atoms with Gasteiger partial charge in [0.15, 0.2) is 29.9 Å². The molecule has 148 valence electrons. The monoisotopic (exact) mass is 378 g/mol. The highest BCUT2D eigenvalue weighted by Gasteiger charge is 2.71. The molecule has 1 aromatic carbocycles. The summed E-state index contributed by atoms with van der Waals surface area (Å²) in [4.78, 5) is 0. The summed E-state index contributed by atoms with van der Waals surface area (Å²) in [5, 5.41) is 30.9. The molecule has 0 radical (unpaired) electrons. The molecular weight excluding hydrogens is 352 g/mol. The van der Waals surface area contributed by atoms with E-state index >= 15 is 0 Å². The van der Waals surface area contributed by atoms with Crippen molar-refractivity contribution in [2.24, 2.45) is 0 Å². The van der Waals surface area contributed by atoms with Crippen LogP contribution >= 0.6 is 0 Å². The number of hydrogen-bond donors (Lipinski definition) is 3. The lowest BCUT2D eigenvalue weighted by Crippen LogP contribution is -2.49. The van der Waals surface area contributed by atoms with Crippen LogP contribution in [0.1, 0.15) is 32.3 Å². The zero-order valence-corrected chi connectivity index (χ0v) is 15.5. The fraction of sp³-hybridized carbons (Fsp3) is 0.600. The summed E-state index contributed by atoms with van der Waals surface area (Å²) < 4.78 is 23.7. The van der Waals surface area contributed by atoms with Crippen molar-refractivity contribution < 1.29 is 34.3 Å². The van der Waals surface area contributed by atoms with Gasteiger partial charge >= 0.3 is 0 Å². The molecule has 4 rings (SSSR count). The molecule has 0 spiro atoms. The average molecular weight is 378 g/mol. The number of benzene rings is 1. The summed E-state index contributed by atoms with van der Waals surface area (Å²) >= 11 is 0. The number of allylic oxidation sites excluding steroid dienone is 1. The predicted molar refractivity (Wildman–Crippen MR) is 95.3 cm³/mol. The van der Waals surface area contributed by atoms with Crippen molar-refractivity contribution in [3.63, 3.8) is 0 Å². The van der Waals surface area contributed by atoms with Crippen molar-refractivity contribution in [3.8, 4) is 0 Å². The Bertz CT molecular complexity index is 716. The largest absolute Gasteiger partial charge is 0.486 e. The molecule has 3 aliphatic rings. The number of ether oxygens (including phenoxy) is 4. The van der Waals surface area contributed by atoms with Crippen LogP contribution in [0, 0.1) is 0 Å².